The van der Waals surface area contributed by atoms with Crippen LogP contribution in [0.1, 0.15) is 50.2 Å². The summed E-state index contributed by atoms with van der Waals surface area (Å²) in [5, 5.41) is 0. The van der Waals surface area contributed by atoms with Crippen LogP contribution in [0, 0.1) is 23.2 Å². The molecule has 34 heavy (non-hydrogen) atoms. The fourth-order valence-corrected chi connectivity index (χ4v) is 6.76. The number of hydrogen-bond acceptors (Lipinski definition) is 4. The molecule has 4 nitrogen and oxygen atoms in total. The summed E-state index contributed by atoms with van der Waals surface area (Å²) in [6.07, 6.45) is 5.66. The van der Waals surface area contributed by atoms with E-state index < -0.39 is 0 Å². The predicted octanol–water partition coefficient (Wildman–Crippen LogP) is 6.01. The lowest BCUT2D eigenvalue weighted by Crippen LogP contribution is -2.45. The molecule has 0 bridgehead atoms. The highest BCUT2D eigenvalue weighted by molar-refractivity contribution is 5.75. The standard InChI is InChI=1S/C30H37NO3/c1-21-8-7-15-30(2)17-28-25(16-27(21)30)26(29(32)34-28)20-31(18-22-9-5-4-6-10-22)19-23-11-13-24(33-3)14-12-23/h4-6,9-14,25-28H,1,7-8,15-20H2,2-3H3/t25-,26+,27-,28-,30-/m1/s1. The van der Waals surface area contributed by atoms with E-state index in [1.54, 1.807) is 7.11 Å². The molecular formula is C30H37NO3. The molecule has 0 aromatic heterocycles. The van der Waals surface area contributed by atoms with Gasteiger partial charge in [0.05, 0.1) is 13.0 Å². The minimum Gasteiger partial charge on any atom is -0.497 e. The molecule has 2 saturated carbocycles. The van der Waals surface area contributed by atoms with E-state index in [1.165, 1.54) is 29.5 Å². The number of carbonyl (C=O) groups is 1. The Labute approximate surface area is 203 Å². The highest BCUT2D eigenvalue weighted by atomic mass is 16.6. The maximum atomic E-state index is 13.2. The van der Waals surface area contributed by atoms with E-state index in [4.69, 9.17) is 9.47 Å². The molecule has 0 amide bonds. The van der Waals surface area contributed by atoms with Crippen LogP contribution < -0.4 is 4.74 Å². The maximum absolute atomic E-state index is 13.2. The Balaban J connectivity index is 1.36. The molecule has 0 spiro atoms. The largest absolute Gasteiger partial charge is 0.497 e. The number of rotatable bonds is 7. The van der Waals surface area contributed by atoms with E-state index >= 15 is 0 Å². The summed E-state index contributed by atoms with van der Waals surface area (Å²) in [5.74, 6) is 1.58. The summed E-state index contributed by atoms with van der Waals surface area (Å²) in [4.78, 5) is 15.6. The molecule has 5 rings (SSSR count). The Bertz CT molecular complexity index is 1020. The smallest absolute Gasteiger partial charge is 0.310 e. The second kappa shape index (κ2) is 9.58. The number of esters is 1. The van der Waals surface area contributed by atoms with Crippen molar-refractivity contribution in [2.45, 2.75) is 58.2 Å². The summed E-state index contributed by atoms with van der Waals surface area (Å²) in [6, 6.07) is 18.8. The van der Waals surface area contributed by atoms with Crippen LogP contribution in [0.15, 0.2) is 66.7 Å². The van der Waals surface area contributed by atoms with Crippen molar-refractivity contribution < 1.29 is 14.3 Å². The molecule has 180 valence electrons. The molecule has 3 aliphatic rings. The SMILES string of the molecule is C=C1CCC[C@]2(C)C[C@H]3OC(=O)[C@@H](CN(Cc4ccccc4)Cc4ccc(OC)cc4)[C@H]3C[C@H]12. The molecule has 2 aliphatic carbocycles. The number of carbonyl (C=O) groups excluding carboxylic acids is 1. The Morgan fingerprint density at radius 1 is 1.09 bits per heavy atom. The lowest BCUT2D eigenvalue weighted by Gasteiger charge is -2.50. The van der Waals surface area contributed by atoms with Crippen molar-refractivity contribution in [2.24, 2.45) is 23.2 Å². The van der Waals surface area contributed by atoms with E-state index in [2.05, 4.69) is 54.8 Å². The second-order valence-electron chi connectivity index (χ2n) is 10.9. The van der Waals surface area contributed by atoms with Crippen LogP contribution in [-0.4, -0.2) is 30.6 Å². The molecule has 3 fully saturated rings. The quantitative estimate of drug-likeness (QED) is 0.375. The molecule has 1 heterocycles. The Kier molecular flexibility index (Phi) is 6.52. The Morgan fingerprint density at radius 3 is 2.50 bits per heavy atom. The van der Waals surface area contributed by atoms with Crippen LogP contribution in [0.2, 0.25) is 0 Å². The highest BCUT2D eigenvalue weighted by Crippen LogP contribution is 2.57. The molecule has 1 aliphatic heterocycles. The number of fused-ring (bicyclic) bond motifs is 2. The summed E-state index contributed by atoms with van der Waals surface area (Å²) in [5.41, 5.74) is 4.11. The van der Waals surface area contributed by atoms with Gasteiger partial charge in [-0.25, -0.2) is 0 Å². The number of nitrogens with zero attached hydrogens (tertiary/aromatic N) is 1. The second-order valence-corrected chi connectivity index (χ2v) is 10.9. The average molecular weight is 460 g/mol. The molecule has 5 atom stereocenters. The molecule has 0 unspecified atom stereocenters. The van der Waals surface area contributed by atoms with Crippen LogP contribution in [0.4, 0.5) is 0 Å². The molecular weight excluding hydrogens is 422 g/mol. The molecule has 4 heteroatoms. The van der Waals surface area contributed by atoms with E-state index in [0.29, 0.717) is 5.92 Å². The molecule has 2 aromatic carbocycles. The van der Waals surface area contributed by atoms with Crippen LogP contribution in [-0.2, 0) is 22.6 Å². The van der Waals surface area contributed by atoms with Gasteiger partial charge in [0.2, 0.25) is 0 Å². The lowest BCUT2D eigenvalue weighted by molar-refractivity contribution is -0.146. The first kappa shape index (κ1) is 23.2. The summed E-state index contributed by atoms with van der Waals surface area (Å²) in [7, 11) is 1.69. The van der Waals surface area contributed by atoms with Crippen LogP contribution in [0.5, 0.6) is 5.75 Å². The van der Waals surface area contributed by atoms with Gasteiger partial charge in [0, 0.05) is 25.6 Å². The fourth-order valence-electron chi connectivity index (χ4n) is 6.76. The van der Waals surface area contributed by atoms with Crippen LogP contribution in [0.3, 0.4) is 0 Å². The van der Waals surface area contributed by atoms with E-state index in [1.807, 2.05) is 18.2 Å². The van der Waals surface area contributed by atoms with Gasteiger partial charge in [-0.2, -0.15) is 0 Å². The zero-order valence-corrected chi connectivity index (χ0v) is 20.5. The van der Waals surface area contributed by atoms with Gasteiger partial charge in [0.15, 0.2) is 0 Å². The van der Waals surface area contributed by atoms with Crippen molar-refractivity contribution in [3.05, 3.63) is 77.9 Å². The third kappa shape index (κ3) is 4.65. The van der Waals surface area contributed by atoms with Crippen molar-refractivity contribution in [1.29, 1.82) is 0 Å². The van der Waals surface area contributed by atoms with E-state index in [-0.39, 0.29) is 29.3 Å². The maximum Gasteiger partial charge on any atom is 0.310 e. The third-order valence-corrected chi connectivity index (χ3v) is 8.59. The van der Waals surface area contributed by atoms with Gasteiger partial charge in [0.25, 0.3) is 0 Å². The van der Waals surface area contributed by atoms with Crippen LogP contribution >= 0.6 is 0 Å². The first-order chi connectivity index (χ1) is 16.4. The monoisotopic (exact) mass is 459 g/mol. The molecule has 0 N–H and O–H groups in total. The van der Waals surface area contributed by atoms with Crippen molar-refractivity contribution in [3.8, 4) is 5.75 Å². The van der Waals surface area contributed by atoms with Gasteiger partial charge in [0.1, 0.15) is 11.9 Å². The van der Waals surface area contributed by atoms with E-state index in [9.17, 15) is 4.79 Å². The number of ether oxygens (including phenoxy) is 2. The highest BCUT2D eigenvalue weighted by Gasteiger charge is 2.55. The zero-order valence-electron chi connectivity index (χ0n) is 20.5. The summed E-state index contributed by atoms with van der Waals surface area (Å²) in [6.45, 7) is 9.15. The third-order valence-electron chi connectivity index (χ3n) is 8.59. The van der Waals surface area contributed by atoms with Crippen molar-refractivity contribution in [2.75, 3.05) is 13.7 Å². The van der Waals surface area contributed by atoms with Gasteiger partial charge in [-0.15, -0.1) is 0 Å². The lowest BCUT2D eigenvalue weighted by atomic mass is 9.55. The van der Waals surface area contributed by atoms with Crippen molar-refractivity contribution in [1.82, 2.24) is 4.90 Å². The number of allylic oxidation sites excluding steroid dienone is 1. The van der Waals surface area contributed by atoms with Crippen molar-refractivity contribution >= 4 is 5.97 Å². The summed E-state index contributed by atoms with van der Waals surface area (Å²) < 4.78 is 11.4. The predicted molar refractivity (Wildman–Crippen MR) is 134 cm³/mol. The molecule has 1 saturated heterocycles. The van der Waals surface area contributed by atoms with Gasteiger partial charge in [-0.1, -0.05) is 61.5 Å². The van der Waals surface area contributed by atoms with Crippen molar-refractivity contribution in [3.63, 3.8) is 0 Å². The normalized spacial score (nSPS) is 30.6. The summed E-state index contributed by atoms with van der Waals surface area (Å²) >= 11 is 0. The van der Waals surface area contributed by atoms with Gasteiger partial charge in [-0.05, 0) is 66.7 Å². The minimum atomic E-state index is -0.0776. The van der Waals surface area contributed by atoms with Gasteiger partial charge in [-0.3, -0.25) is 9.69 Å². The Hall–Kier alpha value is -2.59. The first-order valence-electron chi connectivity index (χ1n) is 12.7. The number of hydrogen-bond donors (Lipinski definition) is 0. The fraction of sp³-hybridized carbons (Fsp3) is 0.500. The Morgan fingerprint density at radius 2 is 1.79 bits per heavy atom. The van der Waals surface area contributed by atoms with Crippen LogP contribution in [0.25, 0.3) is 0 Å². The average Bonchev–Trinajstić information content (AvgIpc) is 3.12. The topological polar surface area (TPSA) is 38.8 Å². The van der Waals surface area contributed by atoms with E-state index in [0.717, 1.165) is 44.6 Å². The first-order valence-corrected chi connectivity index (χ1v) is 12.7. The minimum absolute atomic E-state index is 0.00403. The number of benzene rings is 2. The molecule has 2 aromatic rings. The van der Waals surface area contributed by atoms with Gasteiger partial charge < -0.3 is 9.47 Å². The van der Waals surface area contributed by atoms with Gasteiger partial charge >= 0.3 is 5.97 Å². The zero-order chi connectivity index (χ0) is 23.7. The number of methoxy groups -OCH3 is 1. The molecule has 0 radical (unpaired) electrons.